The first kappa shape index (κ1) is 19.9. The van der Waals surface area contributed by atoms with E-state index in [0.717, 1.165) is 26.2 Å². The van der Waals surface area contributed by atoms with Crippen LogP contribution in [0.1, 0.15) is 17.4 Å². The van der Waals surface area contributed by atoms with Gasteiger partial charge in [-0.2, -0.15) is 0 Å². The number of thiazole rings is 1. The van der Waals surface area contributed by atoms with E-state index in [9.17, 15) is 4.79 Å². The molecule has 0 aliphatic carbocycles. The van der Waals surface area contributed by atoms with Crippen LogP contribution in [0.25, 0.3) is 11.3 Å². The summed E-state index contributed by atoms with van der Waals surface area (Å²) in [5.74, 6) is 0.383. The second-order valence-electron chi connectivity index (χ2n) is 6.09. The molecule has 0 bridgehead atoms. The van der Waals surface area contributed by atoms with Gasteiger partial charge in [-0.3, -0.25) is 10.1 Å². The van der Waals surface area contributed by atoms with Crippen molar-refractivity contribution in [3.8, 4) is 17.0 Å². The Bertz CT molecular complexity index is 973. The molecule has 3 aromatic rings. The second kappa shape index (κ2) is 8.42. The molecule has 140 valence electrons. The Morgan fingerprint density at radius 2 is 1.93 bits per heavy atom. The lowest BCUT2D eigenvalue weighted by atomic mass is 10.1. The Hall–Kier alpha value is -1.89. The summed E-state index contributed by atoms with van der Waals surface area (Å²) in [6.45, 7) is 5.59. The van der Waals surface area contributed by atoms with Gasteiger partial charge in [0.25, 0.3) is 5.91 Å². The normalized spacial score (nSPS) is 11.9. The minimum atomic E-state index is -0.662. The number of hydrogen-bond acceptors (Lipinski definition) is 4. The van der Waals surface area contributed by atoms with Crippen molar-refractivity contribution in [1.82, 2.24) is 4.98 Å². The van der Waals surface area contributed by atoms with Gasteiger partial charge in [0.15, 0.2) is 11.2 Å². The molecule has 3 rings (SSSR count). The number of nitrogens with one attached hydrogen (secondary N) is 1. The minimum Gasteiger partial charge on any atom is -0.481 e. The van der Waals surface area contributed by atoms with Crippen LogP contribution in [-0.2, 0) is 4.79 Å². The summed E-state index contributed by atoms with van der Waals surface area (Å²) in [6.07, 6.45) is -0.662. The van der Waals surface area contributed by atoms with Crippen LogP contribution in [0.2, 0.25) is 5.02 Å². The van der Waals surface area contributed by atoms with Crippen LogP contribution in [-0.4, -0.2) is 17.0 Å². The molecule has 1 atom stereocenters. The number of ether oxygens (including phenoxy) is 1. The van der Waals surface area contributed by atoms with E-state index in [-0.39, 0.29) is 5.91 Å². The Kier molecular flexibility index (Phi) is 6.19. The standard InChI is InChI=1S/C20H18BrClN2O2S/c1-11-10-16(22)8-9-17(11)26-12(2)19(25)24-20-23-18(13(3)27-20)14-4-6-15(21)7-5-14/h4-10,12H,1-3H3,(H,23,24,25). The van der Waals surface area contributed by atoms with Gasteiger partial charge in [-0.15, -0.1) is 11.3 Å². The first-order valence-electron chi connectivity index (χ1n) is 8.30. The number of carbonyl (C=O) groups is 1. The number of hydrogen-bond donors (Lipinski definition) is 1. The van der Waals surface area contributed by atoms with Crippen molar-refractivity contribution in [2.75, 3.05) is 5.32 Å². The van der Waals surface area contributed by atoms with Crippen molar-refractivity contribution in [3.63, 3.8) is 0 Å². The molecule has 0 radical (unpaired) electrons. The lowest BCUT2D eigenvalue weighted by Crippen LogP contribution is -2.30. The van der Waals surface area contributed by atoms with Crippen LogP contribution >= 0.6 is 38.9 Å². The van der Waals surface area contributed by atoms with Crippen LogP contribution < -0.4 is 10.1 Å². The van der Waals surface area contributed by atoms with Gasteiger partial charge in [0, 0.05) is 19.9 Å². The fourth-order valence-electron chi connectivity index (χ4n) is 2.52. The maximum atomic E-state index is 12.5. The topological polar surface area (TPSA) is 51.2 Å². The third kappa shape index (κ3) is 4.89. The number of amides is 1. The summed E-state index contributed by atoms with van der Waals surface area (Å²) in [5, 5.41) is 4.03. The minimum absolute atomic E-state index is 0.250. The van der Waals surface area contributed by atoms with Gasteiger partial charge in [-0.05, 0) is 56.7 Å². The van der Waals surface area contributed by atoms with Crippen LogP contribution in [0.5, 0.6) is 5.75 Å². The Morgan fingerprint density at radius 3 is 2.59 bits per heavy atom. The van der Waals surface area contributed by atoms with Crippen molar-refractivity contribution < 1.29 is 9.53 Å². The third-order valence-corrected chi connectivity index (χ3v) is 5.60. The number of anilines is 1. The van der Waals surface area contributed by atoms with E-state index in [0.29, 0.717) is 15.9 Å². The molecule has 1 aromatic heterocycles. The number of aryl methyl sites for hydroxylation is 2. The maximum Gasteiger partial charge on any atom is 0.266 e. The monoisotopic (exact) mass is 464 g/mol. The molecule has 1 heterocycles. The summed E-state index contributed by atoms with van der Waals surface area (Å²) in [5.41, 5.74) is 2.75. The third-order valence-electron chi connectivity index (χ3n) is 3.95. The highest BCUT2D eigenvalue weighted by molar-refractivity contribution is 9.10. The van der Waals surface area contributed by atoms with Crippen LogP contribution in [0.4, 0.5) is 5.13 Å². The van der Waals surface area contributed by atoms with E-state index in [4.69, 9.17) is 16.3 Å². The first-order chi connectivity index (χ1) is 12.8. The average molecular weight is 466 g/mol. The smallest absolute Gasteiger partial charge is 0.266 e. The second-order valence-corrected chi connectivity index (χ2v) is 8.65. The molecule has 27 heavy (non-hydrogen) atoms. The van der Waals surface area contributed by atoms with Crippen molar-refractivity contribution in [2.45, 2.75) is 26.9 Å². The molecule has 2 aromatic carbocycles. The zero-order valence-corrected chi connectivity index (χ0v) is 18.2. The molecular weight excluding hydrogens is 448 g/mol. The molecule has 7 heteroatoms. The summed E-state index contributed by atoms with van der Waals surface area (Å²) < 4.78 is 6.78. The molecule has 1 amide bonds. The fraction of sp³-hybridized carbons (Fsp3) is 0.200. The number of benzene rings is 2. The number of halogens is 2. The van der Waals surface area contributed by atoms with E-state index in [1.165, 1.54) is 11.3 Å². The molecule has 0 saturated carbocycles. The van der Waals surface area contributed by atoms with E-state index >= 15 is 0 Å². The lowest BCUT2D eigenvalue weighted by Gasteiger charge is -2.15. The predicted octanol–water partition coefficient (Wildman–Crippen LogP) is 6.25. The Morgan fingerprint density at radius 1 is 1.22 bits per heavy atom. The van der Waals surface area contributed by atoms with Gasteiger partial charge in [0.1, 0.15) is 5.75 Å². The number of rotatable bonds is 5. The van der Waals surface area contributed by atoms with E-state index in [2.05, 4.69) is 26.2 Å². The molecule has 0 aliphatic heterocycles. The highest BCUT2D eigenvalue weighted by atomic mass is 79.9. The number of nitrogens with zero attached hydrogens (tertiary/aromatic N) is 1. The number of aromatic nitrogens is 1. The Labute approximate surface area is 175 Å². The molecular formula is C20H18BrClN2O2S. The van der Waals surface area contributed by atoms with E-state index < -0.39 is 6.10 Å². The van der Waals surface area contributed by atoms with Gasteiger partial charge in [0.2, 0.25) is 0 Å². The van der Waals surface area contributed by atoms with E-state index in [1.807, 2.05) is 38.1 Å². The van der Waals surface area contributed by atoms with Crippen molar-refractivity contribution in [3.05, 3.63) is 62.4 Å². The van der Waals surface area contributed by atoms with Gasteiger partial charge in [-0.25, -0.2) is 4.98 Å². The number of carbonyl (C=O) groups excluding carboxylic acids is 1. The summed E-state index contributed by atoms with van der Waals surface area (Å²) >= 11 is 10.8. The molecule has 0 aliphatic rings. The summed E-state index contributed by atoms with van der Waals surface area (Å²) in [6, 6.07) is 13.2. The zero-order valence-electron chi connectivity index (χ0n) is 15.0. The van der Waals surface area contributed by atoms with Crippen molar-refractivity contribution in [2.24, 2.45) is 0 Å². The van der Waals surface area contributed by atoms with Gasteiger partial charge in [-0.1, -0.05) is 39.7 Å². The SMILES string of the molecule is Cc1cc(Cl)ccc1OC(C)C(=O)Nc1nc(-c2ccc(Br)cc2)c(C)s1. The van der Waals surface area contributed by atoms with Crippen molar-refractivity contribution >= 4 is 49.9 Å². The molecule has 1 N–H and O–H groups in total. The van der Waals surface area contributed by atoms with E-state index in [1.54, 1.807) is 25.1 Å². The lowest BCUT2D eigenvalue weighted by molar-refractivity contribution is -0.122. The summed E-state index contributed by atoms with van der Waals surface area (Å²) in [7, 11) is 0. The average Bonchev–Trinajstić information content (AvgIpc) is 2.98. The van der Waals surface area contributed by atoms with Crippen LogP contribution in [0.3, 0.4) is 0 Å². The summed E-state index contributed by atoms with van der Waals surface area (Å²) in [4.78, 5) is 18.1. The molecule has 4 nitrogen and oxygen atoms in total. The van der Waals surface area contributed by atoms with Crippen molar-refractivity contribution in [1.29, 1.82) is 0 Å². The Balaban J connectivity index is 1.70. The predicted molar refractivity (Wildman–Crippen MR) is 115 cm³/mol. The highest BCUT2D eigenvalue weighted by Gasteiger charge is 2.19. The van der Waals surface area contributed by atoms with Gasteiger partial charge >= 0.3 is 0 Å². The molecule has 0 spiro atoms. The molecule has 0 fully saturated rings. The maximum absolute atomic E-state index is 12.5. The zero-order chi connectivity index (χ0) is 19.6. The highest BCUT2D eigenvalue weighted by Crippen LogP contribution is 2.31. The molecule has 1 unspecified atom stereocenters. The van der Waals surface area contributed by atoms with Gasteiger partial charge < -0.3 is 4.74 Å². The quantitative estimate of drug-likeness (QED) is 0.484. The largest absolute Gasteiger partial charge is 0.481 e. The fourth-order valence-corrected chi connectivity index (χ4v) is 3.85. The first-order valence-corrected chi connectivity index (χ1v) is 10.3. The van der Waals surface area contributed by atoms with Crippen LogP contribution in [0, 0.1) is 13.8 Å². The van der Waals surface area contributed by atoms with Crippen LogP contribution in [0.15, 0.2) is 46.9 Å². The van der Waals surface area contributed by atoms with Gasteiger partial charge in [0.05, 0.1) is 5.69 Å². The molecule has 0 saturated heterocycles.